The van der Waals surface area contributed by atoms with E-state index in [4.69, 9.17) is 4.74 Å². The predicted octanol–water partition coefficient (Wildman–Crippen LogP) is 2.35. The van der Waals surface area contributed by atoms with E-state index < -0.39 is 0 Å². The molecular formula is C11H19BrN2OS. The van der Waals surface area contributed by atoms with Crippen LogP contribution in [0.1, 0.15) is 19.8 Å². The number of hydrogen-bond acceptors (Lipinski definition) is 4. The van der Waals surface area contributed by atoms with Crippen LogP contribution in [0.4, 0.5) is 0 Å². The van der Waals surface area contributed by atoms with E-state index in [1.807, 2.05) is 11.8 Å². The maximum absolute atomic E-state index is 5.68. The highest BCUT2D eigenvalue weighted by atomic mass is 79.9. The Morgan fingerprint density at radius 3 is 3.06 bits per heavy atom. The molecule has 3 nitrogen and oxygen atoms in total. The fourth-order valence-corrected chi connectivity index (χ4v) is 3.65. The molecule has 5 heteroatoms. The fourth-order valence-electron chi connectivity index (χ4n) is 2.03. The maximum atomic E-state index is 5.68. The molecule has 16 heavy (non-hydrogen) atoms. The van der Waals surface area contributed by atoms with E-state index in [2.05, 4.69) is 32.7 Å². The van der Waals surface area contributed by atoms with Crippen molar-refractivity contribution in [3.8, 4) is 0 Å². The summed E-state index contributed by atoms with van der Waals surface area (Å²) in [5.41, 5.74) is 0. The number of hydrogen-bond donors (Lipinski definition) is 0. The molecule has 2 rings (SSSR count). The second-order valence-electron chi connectivity index (χ2n) is 4.19. The highest BCUT2D eigenvalue weighted by molar-refractivity contribution is 9.09. The van der Waals surface area contributed by atoms with Crippen molar-refractivity contribution in [3.63, 3.8) is 0 Å². The van der Waals surface area contributed by atoms with Crippen LogP contribution in [-0.2, 0) is 4.74 Å². The van der Waals surface area contributed by atoms with Crippen LogP contribution < -0.4 is 0 Å². The Bertz CT molecular complexity index is 256. The molecule has 2 unspecified atom stereocenters. The van der Waals surface area contributed by atoms with Crippen molar-refractivity contribution >= 4 is 32.9 Å². The minimum atomic E-state index is 0.422. The molecule has 0 bridgehead atoms. The second kappa shape index (κ2) is 6.26. The van der Waals surface area contributed by atoms with Crippen LogP contribution in [0.15, 0.2) is 4.99 Å². The summed E-state index contributed by atoms with van der Waals surface area (Å²) >= 11 is 5.43. The van der Waals surface area contributed by atoms with E-state index in [9.17, 15) is 0 Å². The van der Waals surface area contributed by atoms with E-state index in [0.717, 1.165) is 31.6 Å². The first-order valence-electron chi connectivity index (χ1n) is 5.97. The molecule has 0 amide bonds. The number of ether oxygens (including phenoxy) is 1. The van der Waals surface area contributed by atoms with Crippen molar-refractivity contribution in [2.45, 2.75) is 31.1 Å². The number of likely N-dealkylation sites (N-methyl/N-ethyl adjacent to an activating group) is 1. The molecule has 0 aliphatic carbocycles. The lowest BCUT2D eigenvalue weighted by molar-refractivity contribution is 0.0930. The third-order valence-electron chi connectivity index (χ3n) is 2.97. The maximum Gasteiger partial charge on any atom is 0.159 e. The van der Waals surface area contributed by atoms with Gasteiger partial charge < -0.3 is 9.64 Å². The molecule has 2 aliphatic heterocycles. The van der Waals surface area contributed by atoms with Gasteiger partial charge in [-0.1, -0.05) is 27.7 Å². The van der Waals surface area contributed by atoms with Gasteiger partial charge in [-0.15, -0.1) is 0 Å². The predicted molar refractivity (Wildman–Crippen MR) is 73.7 cm³/mol. The minimum absolute atomic E-state index is 0.422. The molecule has 0 N–H and O–H groups in total. The largest absolute Gasteiger partial charge is 0.376 e. The van der Waals surface area contributed by atoms with Gasteiger partial charge >= 0.3 is 0 Å². The summed E-state index contributed by atoms with van der Waals surface area (Å²) in [5, 5.41) is 2.86. The molecule has 0 radical (unpaired) electrons. The third kappa shape index (κ3) is 3.14. The lowest BCUT2D eigenvalue weighted by atomic mass is 10.2. The average Bonchev–Trinajstić information content (AvgIpc) is 2.96. The number of amidine groups is 1. The molecule has 2 aliphatic rings. The average molecular weight is 307 g/mol. The summed E-state index contributed by atoms with van der Waals surface area (Å²) in [6.07, 6.45) is 2.84. The Morgan fingerprint density at radius 2 is 2.50 bits per heavy atom. The third-order valence-corrected chi connectivity index (χ3v) is 5.43. The SMILES string of the molecule is CCN(CC1CCCO1)C1=NCC(CBr)S1. The van der Waals surface area contributed by atoms with Crippen LogP contribution in [0.5, 0.6) is 0 Å². The smallest absolute Gasteiger partial charge is 0.159 e. The Labute approximate surface area is 110 Å². The van der Waals surface area contributed by atoms with Crippen molar-refractivity contribution in [1.82, 2.24) is 4.90 Å². The van der Waals surface area contributed by atoms with Gasteiger partial charge in [-0.2, -0.15) is 0 Å². The Balaban J connectivity index is 1.85. The van der Waals surface area contributed by atoms with Gasteiger partial charge in [0.25, 0.3) is 0 Å². The molecule has 0 aromatic rings. The second-order valence-corrected chi connectivity index (χ2v) is 6.11. The van der Waals surface area contributed by atoms with E-state index in [1.54, 1.807) is 0 Å². The number of nitrogens with zero attached hydrogens (tertiary/aromatic N) is 2. The van der Waals surface area contributed by atoms with Gasteiger partial charge in [0.05, 0.1) is 12.6 Å². The first-order chi connectivity index (χ1) is 7.83. The van der Waals surface area contributed by atoms with Crippen molar-refractivity contribution in [3.05, 3.63) is 0 Å². The van der Waals surface area contributed by atoms with Gasteiger partial charge in [-0.25, -0.2) is 0 Å². The van der Waals surface area contributed by atoms with Crippen molar-refractivity contribution in [2.24, 2.45) is 4.99 Å². The van der Waals surface area contributed by atoms with Crippen molar-refractivity contribution in [2.75, 3.05) is 31.6 Å². The zero-order valence-corrected chi connectivity index (χ0v) is 12.1. The highest BCUT2D eigenvalue weighted by Gasteiger charge is 2.25. The van der Waals surface area contributed by atoms with Crippen LogP contribution in [0, 0.1) is 0 Å². The lowest BCUT2D eigenvalue weighted by Gasteiger charge is -2.25. The number of rotatable bonds is 4. The summed E-state index contributed by atoms with van der Waals surface area (Å²) in [6.45, 7) is 6.12. The summed E-state index contributed by atoms with van der Waals surface area (Å²) < 4.78 is 5.68. The van der Waals surface area contributed by atoms with Crippen LogP contribution in [0.25, 0.3) is 0 Å². The number of aliphatic imine (C=N–C) groups is 1. The topological polar surface area (TPSA) is 24.8 Å². The molecule has 1 fully saturated rings. The van der Waals surface area contributed by atoms with Gasteiger partial charge in [-0.05, 0) is 19.8 Å². The first kappa shape index (κ1) is 12.7. The van der Waals surface area contributed by atoms with Crippen molar-refractivity contribution < 1.29 is 4.74 Å². The van der Waals surface area contributed by atoms with Gasteiger partial charge in [0.1, 0.15) is 0 Å². The standard InChI is InChI=1S/C11H19BrN2OS/c1-2-14(8-9-4-3-5-15-9)11-13-7-10(6-12)16-11/h9-10H,2-8H2,1H3. The molecule has 1 saturated heterocycles. The molecule has 0 aromatic heterocycles. The normalized spacial score (nSPS) is 29.5. The fraction of sp³-hybridized carbons (Fsp3) is 0.909. The van der Waals surface area contributed by atoms with Crippen molar-refractivity contribution in [1.29, 1.82) is 0 Å². The Kier molecular flexibility index (Phi) is 4.97. The van der Waals surface area contributed by atoms with Gasteiger partial charge in [-0.3, -0.25) is 4.99 Å². The number of thioether (sulfide) groups is 1. The molecule has 2 atom stereocenters. The zero-order valence-electron chi connectivity index (χ0n) is 9.69. The van der Waals surface area contributed by atoms with Gasteiger partial charge in [0, 0.05) is 30.3 Å². The monoisotopic (exact) mass is 306 g/mol. The van der Waals surface area contributed by atoms with E-state index in [0.29, 0.717) is 11.4 Å². The van der Waals surface area contributed by atoms with Gasteiger partial charge in [0.2, 0.25) is 0 Å². The molecule has 2 heterocycles. The van der Waals surface area contributed by atoms with Crippen LogP contribution in [0.3, 0.4) is 0 Å². The van der Waals surface area contributed by atoms with E-state index in [-0.39, 0.29) is 0 Å². The molecule has 0 aromatic carbocycles. The quantitative estimate of drug-likeness (QED) is 0.745. The van der Waals surface area contributed by atoms with Crippen LogP contribution >= 0.6 is 27.7 Å². The molecule has 0 saturated carbocycles. The molecule has 92 valence electrons. The summed E-state index contributed by atoms with van der Waals surface area (Å²) in [6, 6.07) is 0. The molecular weight excluding hydrogens is 288 g/mol. The van der Waals surface area contributed by atoms with Crippen LogP contribution in [0.2, 0.25) is 0 Å². The number of halogens is 1. The number of alkyl halides is 1. The summed E-state index contributed by atoms with van der Waals surface area (Å²) in [7, 11) is 0. The Hall–Kier alpha value is 0.260. The lowest BCUT2D eigenvalue weighted by Crippen LogP contribution is -2.35. The summed E-state index contributed by atoms with van der Waals surface area (Å²) in [5.74, 6) is 0. The molecule has 0 spiro atoms. The zero-order chi connectivity index (χ0) is 11.4. The Morgan fingerprint density at radius 1 is 1.62 bits per heavy atom. The minimum Gasteiger partial charge on any atom is -0.376 e. The first-order valence-corrected chi connectivity index (χ1v) is 7.97. The highest BCUT2D eigenvalue weighted by Crippen LogP contribution is 2.25. The van der Waals surface area contributed by atoms with Gasteiger partial charge in [0.15, 0.2) is 5.17 Å². The van der Waals surface area contributed by atoms with Crippen LogP contribution in [-0.4, -0.2) is 53.0 Å². The summed E-state index contributed by atoms with van der Waals surface area (Å²) in [4.78, 5) is 6.99. The van der Waals surface area contributed by atoms with E-state index in [1.165, 1.54) is 18.0 Å². The van der Waals surface area contributed by atoms with E-state index >= 15 is 0 Å².